The maximum absolute atomic E-state index is 12.2. The van der Waals surface area contributed by atoms with Gasteiger partial charge in [-0.25, -0.2) is 9.79 Å². The highest BCUT2D eigenvalue weighted by atomic mass is 16.6. The summed E-state index contributed by atoms with van der Waals surface area (Å²) in [7, 11) is 1.51. The van der Waals surface area contributed by atoms with Crippen LogP contribution in [0.15, 0.2) is 83.5 Å². The largest absolute Gasteiger partial charge is 0.493 e. The Morgan fingerprint density at radius 2 is 1.78 bits per heavy atom. The SMILES string of the molecule is COc1cc(/C=C2\N=C(c3ccccc3)OC2=O)ccc1OCc1ccc([N+](=O)[O-])cc1. The monoisotopic (exact) mass is 430 g/mol. The van der Waals surface area contributed by atoms with Gasteiger partial charge in [-0.2, -0.15) is 0 Å². The van der Waals surface area contributed by atoms with E-state index in [1.807, 2.05) is 30.3 Å². The van der Waals surface area contributed by atoms with Crippen molar-refractivity contribution in [3.8, 4) is 11.5 Å². The number of ether oxygens (including phenoxy) is 3. The lowest BCUT2D eigenvalue weighted by atomic mass is 10.1. The van der Waals surface area contributed by atoms with Gasteiger partial charge in [0, 0.05) is 17.7 Å². The van der Waals surface area contributed by atoms with Gasteiger partial charge < -0.3 is 14.2 Å². The second kappa shape index (κ2) is 9.13. The number of nitro benzene ring substituents is 1. The lowest BCUT2D eigenvalue weighted by Gasteiger charge is -2.11. The Labute approximate surface area is 183 Å². The first kappa shape index (κ1) is 20.8. The molecule has 0 unspecified atom stereocenters. The van der Waals surface area contributed by atoms with Gasteiger partial charge in [-0.15, -0.1) is 0 Å². The highest BCUT2D eigenvalue weighted by Gasteiger charge is 2.24. The van der Waals surface area contributed by atoms with E-state index in [9.17, 15) is 14.9 Å². The van der Waals surface area contributed by atoms with Crippen molar-refractivity contribution in [2.75, 3.05) is 7.11 Å². The molecule has 3 aromatic carbocycles. The van der Waals surface area contributed by atoms with E-state index in [1.165, 1.54) is 19.2 Å². The molecule has 160 valence electrons. The zero-order chi connectivity index (χ0) is 22.5. The van der Waals surface area contributed by atoms with E-state index in [-0.39, 0.29) is 23.9 Å². The summed E-state index contributed by atoms with van der Waals surface area (Å²) in [6.45, 7) is 0.214. The maximum atomic E-state index is 12.2. The number of non-ortho nitro benzene ring substituents is 1. The van der Waals surface area contributed by atoms with Gasteiger partial charge in [0.2, 0.25) is 5.90 Å². The first-order chi connectivity index (χ1) is 15.5. The van der Waals surface area contributed by atoms with Gasteiger partial charge in [-0.3, -0.25) is 10.1 Å². The summed E-state index contributed by atoms with van der Waals surface area (Å²) in [6.07, 6.45) is 1.61. The number of carbonyl (C=O) groups excluding carboxylic acids is 1. The molecule has 1 heterocycles. The van der Waals surface area contributed by atoms with Crippen LogP contribution >= 0.6 is 0 Å². The maximum Gasteiger partial charge on any atom is 0.363 e. The number of rotatable bonds is 7. The predicted molar refractivity (Wildman–Crippen MR) is 117 cm³/mol. The van der Waals surface area contributed by atoms with Crippen molar-refractivity contribution < 1.29 is 23.9 Å². The third-order valence-electron chi connectivity index (χ3n) is 4.67. The quantitative estimate of drug-likeness (QED) is 0.236. The van der Waals surface area contributed by atoms with Crippen LogP contribution in [0.3, 0.4) is 0 Å². The Bertz CT molecular complexity index is 1220. The minimum absolute atomic E-state index is 0.0206. The van der Waals surface area contributed by atoms with Crippen LogP contribution in [0.25, 0.3) is 6.08 Å². The number of aliphatic imine (C=N–C) groups is 1. The average molecular weight is 430 g/mol. The number of carbonyl (C=O) groups is 1. The number of benzene rings is 3. The fraction of sp³-hybridized carbons (Fsp3) is 0.0833. The van der Waals surface area contributed by atoms with Gasteiger partial charge in [0.15, 0.2) is 17.2 Å². The van der Waals surface area contributed by atoms with Crippen LogP contribution in [-0.4, -0.2) is 23.9 Å². The van der Waals surface area contributed by atoms with E-state index in [4.69, 9.17) is 14.2 Å². The normalized spacial score (nSPS) is 14.1. The Hall–Kier alpha value is -4.46. The van der Waals surface area contributed by atoms with Gasteiger partial charge in [0.25, 0.3) is 5.69 Å². The summed E-state index contributed by atoms with van der Waals surface area (Å²) in [5.74, 6) is 0.702. The Morgan fingerprint density at radius 3 is 2.47 bits per heavy atom. The molecule has 8 nitrogen and oxygen atoms in total. The van der Waals surface area contributed by atoms with Gasteiger partial charge >= 0.3 is 5.97 Å². The van der Waals surface area contributed by atoms with E-state index >= 15 is 0 Å². The Balaban J connectivity index is 1.50. The fourth-order valence-corrected chi connectivity index (χ4v) is 3.04. The molecule has 0 saturated carbocycles. The van der Waals surface area contributed by atoms with E-state index < -0.39 is 10.9 Å². The van der Waals surface area contributed by atoms with Crippen molar-refractivity contribution in [2.24, 2.45) is 4.99 Å². The molecule has 8 heteroatoms. The van der Waals surface area contributed by atoms with Gasteiger partial charge in [0.1, 0.15) is 6.61 Å². The van der Waals surface area contributed by atoms with Crippen LogP contribution < -0.4 is 9.47 Å². The van der Waals surface area contributed by atoms with Gasteiger partial charge in [-0.1, -0.05) is 24.3 Å². The lowest BCUT2D eigenvalue weighted by molar-refractivity contribution is -0.384. The first-order valence-electron chi connectivity index (χ1n) is 9.65. The zero-order valence-electron chi connectivity index (χ0n) is 17.1. The summed E-state index contributed by atoms with van der Waals surface area (Å²) in [5.41, 5.74) is 2.39. The third kappa shape index (κ3) is 4.65. The molecule has 0 aromatic heterocycles. The molecule has 0 atom stereocenters. The number of hydrogen-bond donors (Lipinski definition) is 0. The van der Waals surface area contributed by atoms with Crippen LogP contribution in [0.2, 0.25) is 0 Å². The fourth-order valence-electron chi connectivity index (χ4n) is 3.04. The summed E-state index contributed by atoms with van der Waals surface area (Å²) in [5, 5.41) is 10.8. The number of cyclic esters (lactones) is 1. The predicted octanol–water partition coefficient (Wildman–Crippen LogP) is 4.53. The van der Waals surface area contributed by atoms with Crippen molar-refractivity contribution in [1.29, 1.82) is 0 Å². The lowest BCUT2D eigenvalue weighted by Crippen LogP contribution is -2.04. The molecular formula is C24H18N2O6. The topological polar surface area (TPSA) is 100 Å². The zero-order valence-corrected chi connectivity index (χ0v) is 17.1. The molecule has 3 aromatic rings. The molecule has 0 saturated heterocycles. The van der Waals surface area contributed by atoms with Crippen molar-refractivity contribution in [2.45, 2.75) is 6.61 Å². The van der Waals surface area contributed by atoms with Crippen molar-refractivity contribution in [3.63, 3.8) is 0 Å². The number of methoxy groups -OCH3 is 1. The molecule has 0 spiro atoms. The number of hydrogen-bond acceptors (Lipinski definition) is 7. The van der Waals surface area contributed by atoms with Gasteiger partial charge in [-0.05, 0) is 53.6 Å². The summed E-state index contributed by atoms with van der Waals surface area (Å²) < 4.78 is 16.5. The van der Waals surface area contributed by atoms with Crippen LogP contribution in [0.1, 0.15) is 16.7 Å². The standard InChI is InChI=1S/C24H18N2O6/c1-30-22-14-17(13-20-24(27)32-23(25-20)18-5-3-2-4-6-18)9-12-21(22)31-15-16-7-10-19(11-8-16)26(28)29/h2-14H,15H2,1H3/b20-13-. The molecule has 1 aliphatic rings. The molecule has 32 heavy (non-hydrogen) atoms. The molecular weight excluding hydrogens is 412 g/mol. The van der Waals surface area contributed by atoms with Gasteiger partial charge in [0.05, 0.1) is 12.0 Å². The van der Waals surface area contributed by atoms with Crippen molar-refractivity contribution >= 4 is 23.6 Å². The van der Waals surface area contributed by atoms with E-state index in [1.54, 1.807) is 36.4 Å². The summed E-state index contributed by atoms with van der Waals surface area (Å²) >= 11 is 0. The third-order valence-corrected chi connectivity index (χ3v) is 4.67. The van der Waals surface area contributed by atoms with E-state index in [2.05, 4.69) is 4.99 Å². The molecule has 0 N–H and O–H groups in total. The highest BCUT2D eigenvalue weighted by molar-refractivity contribution is 6.12. The molecule has 0 radical (unpaired) electrons. The number of nitrogens with zero attached hydrogens (tertiary/aromatic N) is 2. The smallest absolute Gasteiger partial charge is 0.363 e. The van der Waals surface area contributed by atoms with Crippen molar-refractivity contribution in [1.82, 2.24) is 0 Å². The molecule has 1 aliphatic heterocycles. The first-order valence-corrected chi connectivity index (χ1v) is 9.65. The van der Waals surface area contributed by atoms with Crippen LogP contribution in [0.4, 0.5) is 5.69 Å². The molecule has 0 bridgehead atoms. The summed E-state index contributed by atoms with van der Waals surface area (Å²) in [4.78, 5) is 26.8. The second-order valence-corrected chi connectivity index (χ2v) is 6.82. The molecule has 0 amide bonds. The number of esters is 1. The minimum atomic E-state index is -0.527. The van der Waals surface area contributed by atoms with Crippen LogP contribution in [0.5, 0.6) is 11.5 Å². The molecule has 4 rings (SSSR count). The average Bonchev–Trinajstić information content (AvgIpc) is 3.19. The van der Waals surface area contributed by atoms with Crippen LogP contribution in [-0.2, 0) is 16.1 Å². The Kier molecular flexibility index (Phi) is 5.94. The highest BCUT2D eigenvalue weighted by Crippen LogP contribution is 2.30. The minimum Gasteiger partial charge on any atom is -0.493 e. The van der Waals surface area contributed by atoms with E-state index in [0.29, 0.717) is 17.1 Å². The molecule has 0 fully saturated rings. The molecule has 0 aliphatic carbocycles. The summed E-state index contributed by atoms with van der Waals surface area (Å²) in [6, 6.07) is 20.5. The van der Waals surface area contributed by atoms with Crippen molar-refractivity contribution in [3.05, 3.63) is 105 Å². The number of nitro groups is 1. The van der Waals surface area contributed by atoms with E-state index in [0.717, 1.165) is 11.1 Å². The second-order valence-electron chi connectivity index (χ2n) is 6.82. The Morgan fingerprint density at radius 1 is 1.03 bits per heavy atom. The van der Waals surface area contributed by atoms with Crippen LogP contribution in [0, 0.1) is 10.1 Å².